The van der Waals surface area contributed by atoms with Gasteiger partial charge in [0.05, 0.1) is 6.20 Å². The van der Waals surface area contributed by atoms with Gasteiger partial charge >= 0.3 is 0 Å². The molecular formula is C15H24N2O2. The molecule has 1 aromatic rings. The topological polar surface area (TPSA) is 44.1 Å². The van der Waals surface area contributed by atoms with Crippen LogP contribution in [0.5, 0.6) is 0 Å². The highest BCUT2D eigenvalue weighted by atomic mass is 16.5. The van der Waals surface area contributed by atoms with E-state index in [0.717, 1.165) is 31.2 Å². The summed E-state index contributed by atoms with van der Waals surface area (Å²) in [5.41, 5.74) is 0.718. The van der Waals surface area contributed by atoms with Crippen molar-refractivity contribution in [2.24, 2.45) is 12.5 Å². The summed E-state index contributed by atoms with van der Waals surface area (Å²) in [5, 5.41) is 4.11. The van der Waals surface area contributed by atoms with Crippen molar-refractivity contribution in [1.29, 1.82) is 0 Å². The van der Waals surface area contributed by atoms with Crippen molar-refractivity contribution in [1.82, 2.24) is 9.78 Å². The second-order valence-electron chi connectivity index (χ2n) is 6.48. The van der Waals surface area contributed by atoms with E-state index in [1.807, 2.05) is 13.2 Å². The zero-order chi connectivity index (χ0) is 14.1. The molecule has 0 atom stereocenters. The predicted octanol–water partition coefficient (Wildman–Crippen LogP) is 2.52. The Morgan fingerprint density at radius 1 is 1.37 bits per heavy atom. The fourth-order valence-electron chi connectivity index (χ4n) is 2.84. The molecule has 0 aliphatic heterocycles. The molecule has 1 aliphatic rings. The number of rotatable bonds is 4. The monoisotopic (exact) mass is 264 g/mol. The molecular weight excluding hydrogens is 240 g/mol. The zero-order valence-corrected chi connectivity index (χ0v) is 12.4. The second kappa shape index (κ2) is 5.08. The van der Waals surface area contributed by atoms with E-state index in [9.17, 15) is 4.79 Å². The Morgan fingerprint density at radius 3 is 2.47 bits per heavy atom. The van der Waals surface area contributed by atoms with Crippen molar-refractivity contribution < 1.29 is 9.53 Å². The molecule has 0 amide bonds. The molecule has 1 aromatic heterocycles. The van der Waals surface area contributed by atoms with Crippen LogP contribution < -0.4 is 0 Å². The van der Waals surface area contributed by atoms with Gasteiger partial charge in [-0.2, -0.15) is 5.10 Å². The average Bonchev–Trinajstić information content (AvgIpc) is 2.75. The first kappa shape index (κ1) is 14.3. The molecule has 19 heavy (non-hydrogen) atoms. The van der Waals surface area contributed by atoms with E-state index in [4.69, 9.17) is 4.74 Å². The van der Waals surface area contributed by atoms with Crippen LogP contribution in [0.1, 0.15) is 45.1 Å². The van der Waals surface area contributed by atoms with E-state index in [1.165, 1.54) is 0 Å². The SMILES string of the molecule is COC1(C(=O)Cc2cnn(C)c2)CCC(C)(C)CC1. The number of nitrogens with zero attached hydrogens (tertiary/aromatic N) is 2. The van der Waals surface area contributed by atoms with Gasteiger partial charge in [-0.25, -0.2) is 0 Å². The maximum absolute atomic E-state index is 12.6. The summed E-state index contributed by atoms with van der Waals surface area (Å²) >= 11 is 0. The van der Waals surface area contributed by atoms with Gasteiger partial charge in [-0.1, -0.05) is 13.8 Å². The Bertz CT molecular complexity index is 452. The van der Waals surface area contributed by atoms with Crippen LogP contribution in [0.3, 0.4) is 0 Å². The van der Waals surface area contributed by atoms with Gasteiger partial charge in [-0.15, -0.1) is 0 Å². The number of ketones is 1. The zero-order valence-electron chi connectivity index (χ0n) is 12.4. The van der Waals surface area contributed by atoms with Gasteiger partial charge in [0.15, 0.2) is 5.78 Å². The lowest BCUT2D eigenvalue weighted by atomic mass is 9.69. The van der Waals surface area contributed by atoms with Crippen LogP contribution in [0.4, 0.5) is 0 Å². The summed E-state index contributed by atoms with van der Waals surface area (Å²) in [6.45, 7) is 4.52. The largest absolute Gasteiger partial charge is 0.370 e. The third-order valence-corrected chi connectivity index (χ3v) is 4.43. The van der Waals surface area contributed by atoms with Crippen molar-refractivity contribution >= 4 is 5.78 Å². The number of hydrogen-bond donors (Lipinski definition) is 0. The number of hydrogen-bond acceptors (Lipinski definition) is 3. The normalized spacial score (nSPS) is 21.3. The van der Waals surface area contributed by atoms with E-state index >= 15 is 0 Å². The average molecular weight is 264 g/mol. The summed E-state index contributed by atoms with van der Waals surface area (Å²) in [6.07, 6.45) is 7.81. The van der Waals surface area contributed by atoms with Gasteiger partial charge in [0.25, 0.3) is 0 Å². The highest BCUT2D eigenvalue weighted by Crippen LogP contribution is 2.42. The third kappa shape index (κ3) is 3.06. The second-order valence-corrected chi connectivity index (χ2v) is 6.48. The Kier molecular flexibility index (Phi) is 3.81. The maximum Gasteiger partial charge on any atom is 0.169 e. The minimum absolute atomic E-state index is 0.193. The van der Waals surface area contributed by atoms with Gasteiger partial charge in [0.2, 0.25) is 0 Å². The van der Waals surface area contributed by atoms with Crippen LogP contribution >= 0.6 is 0 Å². The Hall–Kier alpha value is -1.16. The number of ether oxygens (including phenoxy) is 1. The van der Waals surface area contributed by atoms with E-state index in [2.05, 4.69) is 18.9 Å². The standard InChI is InChI=1S/C15H24N2O2/c1-14(2)5-7-15(19-4,8-6-14)13(18)9-12-10-16-17(3)11-12/h10-11H,5-9H2,1-4H3. The first-order chi connectivity index (χ1) is 8.87. The number of carbonyl (C=O) groups excluding carboxylic acids is 1. The molecule has 106 valence electrons. The van der Waals surface area contributed by atoms with Gasteiger partial charge in [0, 0.05) is 26.8 Å². The van der Waals surface area contributed by atoms with Crippen LogP contribution in [-0.2, 0) is 23.0 Å². The Morgan fingerprint density at radius 2 is 2.00 bits per heavy atom. The smallest absolute Gasteiger partial charge is 0.169 e. The molecule has 1 saturated carbocycles. The highest BCUT2D eigenvalue weighted by molar-refractivity contribution is 5.89. The fraction of sp³-hybridized carbons (Fsp3) is 0.733. The number of aryl methyl sites for hydroxylation is 1. The van der Waals surface area contributed by atoms with E-state index < -0.39 is 5.60 Å². The number of Topliss-reactive ketones (excluding diaryl/α,β-unsaturated/α-hetero) is 1. The lowest BCUT2D eigenvalue weighted by molar-refractivity contribution is -0.147. The van der Waals surface area contributed by atoms with E-state index in [1.54, 1.807) is 18.0 Å². The van der Waals surface area contributed by atoms with E-state index in [-0.39, 0.29) is 5.78 Å². The van der Waals surface area contributed by atoms with Crippen molar-refractivity contribution in [3.05, 3.63) is 18.0 Å². The fourth-order valence-corrected chi connectivity index (χ4v) is 2.84. The Balaban J connectivity index is 2.07. The predicted molar refractivity (Wildman–Crippen MR) is 73.9 cm³/mol. The Labute approximate surface area is 115 Å². The van der Waals surface area contributed by atoms with Gasteiger partial charge < -0.3 is 4.74 Å². The molecule has 1 heterocycles. The van der Waals surface area contributed by atoms with Gasteiger partial charge in [-0.3, -0.25) is 9.48 Å². The van der Waals surface area contributed by atoms with Crippen molar-refractivity contribution in [3.8, 4) is 0 Å². The van der Waals surface area contributed by atoms with Crippen LogP contribution in [0.2, 0.25) is 0 Å². The highest BCUT2D eigenvalue weighted by Gasteiger charge is 2.43. The summed E-state index contributed by atoms with van der Waals surface area (Å²) in [6, 6.07) is 0. The molecule has 0 aromatic carbocycles. The molecule has 0 saturated heterocycles. The number of aromatic nitrogens is 2. The number of methoxy groups -OCH3 is 1. The lowest BCUT2D eigenvalue weighted by Gasteiger charge is -2.41. The minimum Gasteiger partial charge on any atom is -0.370 e. The molecule has 0 radical (unpaired) electrons. The van der Waals surface area contributed by atoms with Gasteiger partial charge in [-0.05, 0) is 36.7 Å². The molecule has 0 N–H and O–H groups in total. The first-order valence-corrected chi connectivity index (χ1v) is 6.93. The maximum atomic E-state index is 12.6. The van der Waals surface area contributed by atoms with Crippen molar-refractivity contribution in [3.63, 3.8) is 0 Å². The summed E-state index contributed by atoms with van der Waals surface area (Å²) in [5.74, 6) is 0.193. The summed E-state index contributed by atoms with van der Waals surface area (Å²) in [4.78, 5) is 12.6. The molecule has 0 spiro atoms. The molecule has 1 fully saturated rings. The van der Waals surface area contributed by atoms with Gasteiger partial charge in [0.1, 0.15) is 5.60 Å². The lowest BCUT2D eigenvalue weighted by Crippen LogP contribution is -2.46. The van der Waals surface area contributed by atoms with Crippen LogP contribution in [0, 0.1) is 5.41 Å². The van der Waals surface area contributed by atoms with Crippen molar-refractivity contribution in [2.75, 3.05) is 7.11 Å². The third-order valence-electron chi connectivity index (χ3n) is 4.43. The van der Waals surface area contributed by atoms with Crippen LogP contribution in [0.25, 0.3) is 0 Å². The molecule has 4 nitrogen and oxygen atoms in total. The molecule has 4 heteroatoms. The molecule has 0 bridgehead atoms. The van der Waals surface area contributed by atoms with Crippen LogP contribution in [-0.4, -0.2) is 28.3 Å². The summed E-state index contributed by atoms with van der Waals surface area (Å²) in [7, 11) is 3.53. The quantitative estimate of drug-likeness (QED) is 0.839. The molecule has 1 aliphatic carbocycles. The summed E-state index contributed by atoms with van der Waals surface area (Å²) < 4.78 is 7.36. The van der Waals surface area contributed by atoms with E-state index in [0.29, 0.717) is 11.8 Å². The molecule has 2 rings (SSSR count). The molecule has 0 unspecified atom stereocenters. The van der Waals surface area contributed by atoms with Crippen LogP contribution in [0.15, 0.2) is 12.4 Å². The minimum atomic E-state index is -0.578. The number of carbonyl (C=O) groups is 1. The first-order valence-electron chi connectivity index (χ1n) is 6.93. The van der Waals surface area contributed by atoms with Crippen molar-refractivity contribution in [2.45, 2.75) is 51.6 Å².